The molecule has 6 heteroatoms. The van der Waals surface area contributed by atoms with Crippen molar-refractivity contribution < 1.29 is 9.26 Å². The first-order valence-corrected chi connectivity index (χ1v) is 6.70. The lowest BCUT2D eigenvalue weighted by atomic mass is 10.2. The number of likely N-dealkylation sites (N-methyl/N-ethyl adjacent to an activating group) is 1. The number of pyridine rings is 1. The lowest BCUT2D eigenvalue weighted by Crippen LogP contribution is -2.35. The van der Waals surface area contributed by atoms with E-state index in [0.717, 1.165) is 17.8 Å². The zero-order valence-electron chi connectivity index (χ0n) is 12.1. The fourth-order valence-corrected chi connectivity index (χ4v) is 1.99. The van der Waals surface area contributed by atoms with Crippen LogP contribution >= 0.6 is 0 Å². The molecule has 1 N–H and O–H groups in total. The molecule has 0 saturated carbocycles. The third kappa shape index (κ3) is 3.85. The number of nitrogens with one attached hydrogen (secondary N) is 1. The maximum atomic E-state index is 5.29. The van der Waals surface area contributed by atoms with Crippen molar-refractivity contribution in [1.82, 2.24) is 20.4 Å². The van der Waals surface area contributed by atoms with Crippen LogP contribution in [0.5, 0.6) is 0 Å². The quantitative estimate of drug-likeness (QED) is 0.828. The van der Waals surface area contributed by atoms with E-state index in [2.05, 4.69) is 27.4 Å². The predicted octanol–water partition coefficient (Wildman–Crippen LogP) is 1.61. The average molecular weight is 276 g/mol. The minimum atomic E-state index is 0.170. The van der Waals surface area contributed by atoms with Gasteiger partial charge >= 0.3 is 0 Å². The SMILES string of the molecule is CCNC(COC)Cc1nc(-c2cc(C)ccn2)no1. The predicted molar refractivity (Wildman–Crippen MR) is 75.3 cm³/mol. The summed E-state index contributed by atoms with van der Waals surface area (Å²) in [5.74, 6) is 1.11. The fraction of sp³-hybridized carbons (Fsp3) is 0.500. The Balaban J connectivity index is 2.08. The second-order valence-corrected chi connectivity index (χ2v) is 4.64. The number of ether oxygens (including phenoxy) is 1. The molecule has 0 fully saturated rings. The van der Waals surface area contributed by atoms with Crippen LogP contribution in [0.1, 0.15) is 18.4 Å². The normalized spacial score (nSPS) is 12.6. The monoisotopic (exact) mass is 276 g/mol. The van der Waals surface area contributed by atoms with E-state index in [1.807, 2.05) is 19.1 Å². The van der Waals surface area contributed by atoms with Gasteiger partial charge in [-0.15, -0.1) is 0 Å². The maximum absolute atomic E-state index is 5.29. The Bertz CT molecular complexity index is 535. The van der Waals surface area contributed by atoms with Gasteiger partial charge < -0.3 is 14.6 Å². The zero-order chi connectivity index (χ0) is 14.4. The summed E-state index contributed by atoms with van der Waals surface area (Å²) < 4.78 is 10.5. The van der Waals surface area contributed by atoms with Crippen molar-refractivity contribution in [3.05, 3.63) is 29.8 Å². The van der Waals surface area contributed by atoms with Gasteiger partial charge in [-0.3, -0.25) is 4.98 Å². The number of methoxy groups -OCH3 is 1. The Kier molecular flexibility index (Phi) is 5.20. The second-order valence-electron chi connectivity index (χ2n) is 4.64. The molecule has 1 unspecified atom stereocenters. The summed E-state index contributed by atoms with van der Waals surface area (Å²) in [6.07, 6.45) is 2.38. The van der Waals surface area contributed by atoms with Gasteiger partial charge in [0.2, 0.25) is 11.7 Å². The van der Waals surface area contributed by atoms with Crippen molar-refractivity contribution in [2.24, 2.45) is 0 Å². The van der Waals surface area contributed by atoms with Crippen LogP contribution in [0.4, 0.5) is 0 Å². The molecule has 6 nitrogen and oxygen atoms in total. The Morgan fingerprint density at radius 2 is 2.30 bits per heavy atom. The molecule has 20 heavy (non-hydrogen) atoms. The van der Waals surface area contributed by atoms with Gasteiger partial charge in [-0.1, -0.05) is 12.1 Å². The highest BCUT2D eigenvalue weighted by molar-refractivity contribution is 5.48. The molecule has 0 saturated heterocycles. The number of aromatic nitrogens is 3. The van der Waals surface area contributed by atoms with Crippen molar-refractivity contribution in [1.29, 1.82) is 0 Å². The summed E-state index contributed by atoms with van der Waals surface area (Å²) in [6, 6.07) is 4.04. The average Bonchev–Trinajstić information content (AvgIpc) is 2.88. The van der Waals surface area contributed by atoms with Gasteiger partial charge in [0.05, 0.1) is 6.61 Å². The molecule has 0 aromatic carbocycles. The first-order chi connectivity index (χ1) is 9.72. The van der Waals surface area contributed by atoms with Crippen LogP contribution in [0.25, 0.3) is 11.5 Å². The lowest BCUT2D eigenvalue weighted by Gasteiger charge is -2.14. The summed E-state index contributed by atoms with van der Waals surface area (Å²) in [5.41, 5.74) is 1.85. The second kappa shape index (κ2) is 7.12. The van der Waals surface area contributed by atoms with Crippen LogP contribution in [-0.2, 0) is 11.2 Å². The smallest absolute Gasteiger partial charge is 0.228 e. The minimum absolute atomic E-state index is 0.170. The standard InChI is InChI=1S/C14H20N4O2/c1-4-15-11(9-19-3)8-13-17-14(18-20-13)12-7-10(2)5-6-16-12/h5-7,11,15H,4,8-9H2,1-3H3. The molecule has 0 aliphatic rings. The van der Waals surface area contributed by atoms with Gasteiger partial charge in [0.25, 0.3) is 0 Å². The van der Waals surface area contributed by atoms with Crippen LogP contribution in [0.15, 0.2) is 22.9 Å². The van der Waals surface area contributed by atoms with E-state index in [0.29, 0.717) is 24.7 Å². The summed E-state index contributed by atoms with van der Waals surface area (Å²) in [7, 11) is 1.68. The first-order valence-electron chi connectivity index (χ1n) is 6.70. The highest BCUT2D eigenvalue weighted by atomic mass is 16.5. The highest BCUT2D eigenvalue weighted by Crippen LogP contribution is 2.14. The van der Waals surface area contributed by atoms with E-state index < -0.39 is 0 Å². The van der Waals surface area contributed by atoms with Crippen LogP contribution in [0, 0.1) is 6.92 Å². The summed E-state index contributed by atoms with van der Waals surface area (Å²) in [4.78, 5) is 8.64. The molecular weight excluding hydrogens is 256 g/mol. The van der Waals surface area contributed by atoms with E-state index in [1.165, 1.54) is 0 Å². The maximum Gasteiger partial charge on any atom is 0.228 e. The van der Waals surface area contributed by atoms with Crippen molar-refractivity contribution in [3.63, 3.8) is 0 Å². The molecule has 108 valence electrons. The Hall–Kier alpha value is -1.79. The van der Waals surface area contributed by atoms with Gasteiger partial charge in [-0.25, -0.2) is 0 Å². The molecule has 2 heterocycles. The van der Waals surface area contributed by atoms with Crippen LogP contribution in [0.2, 0.25) is 0 Å². The molecule has 2 aromatic rings. The van der Waals surface area contributed by atoms with E-state index in [9.17, 15) is 0 Å². The number of hydrogen-bond acceptors (Lipinski definition) is 6. The summed E-state index contributed by atoms with van der Waals surface area (Å²) in [6.45, 7) is 5.53. The van der Waals surface area contributed by atoms with Gasteiger partial charge in [0.15, 0.2) is 0 Å². The molecule has 0 radical (unpaired) electrons. The van der Waals surface area contributed by atoms with E-state index >= 15 is 0 Å². The molecule has 0 amide bonds. The van der Waals surface area contributed by atoms with Crippen LogP contribution in [-0.4, -0.2) is 41.4 Å². The van der Waals surface area contributed by atoms with Crippen LogP contribution < -0.4 is 5.32 Å². The zero-order valence-corrected chi connectivity index (χ0v) is 12.1. The third-order valence-electron chi connectivity index (χ3n) is 2.89. The van der Waals surface area contributed by atoms with Crippen molar-refractivity contribution >= 4 is 0 Å². The van der Waals surface area contributed by atoms with E-state index in [4.69, 9.17) is 9.26 Å². The molecule has 0 aliphatic heterocycles. The van der Waals surface area contributed by atoms with Gasteiger partial charge in [-0.2, -0.15) is 4.98 Å². The van der Waals surface area contributed by atoms with Crippen molar-refractivity contribution in [3.8, 4) is 11.5 Å². The van der Waals surface area contributed by atoms with Gasteiger partial charge in [-0.05, 0) is 31.2 Å². The summed E-state index contributed by atoms with van der Waals surface area (Å²) >= 11 is 0. The van der Waals surface area contributed by atoms with Gasteiger partial charge in [0.1, 0.15) is 5.69 Å². The largest absolute Gasteiger partial charge is 0.383 e. The lowest BCUT2D eigenvalue weighted by molar-refractivity contribution is 0.162. The molecule has 1 atom stereocenters. The van der Waals surface area contributed by atoms with Crippen LogP contribution in [0.3, 0.4) is 0 Å². The molecule has 0 aliphatic carbocycles. The third-order valence-corrected chi connectivity index (χ3v) is 2.89. The Labute approximate surface area is 118 Å². The van der Waals surface area contributed by atoms with Crippen molar-refractivity contribution in [2.75, 3.05) is 20.3 Å². The number of rotatable bonds is 7. The first kappa shape index (κ1) is 14.6. The molecule has 0 spiro atoms. The number of hydrogen-bond donors (Lipinski definition) is 1. The van der Waals surface area contributed by atoms with E-state index in [-0.39, 0.29) is 6.04 Å². The van der Waals surface area contributed by atoms with Crippen molar-refractivity contribution in [2.45, 2.75) is 26.3 Å². The molecule has 0 bridgehead atoms. The highest BCUT2D eigenvalue weighted by Gasteiger charge is 2.15. The fourth-order valence-electron chi connectivity index (χ4n) is 1.99. The van der Waals surface area contributed by atoms with Gasteiger partial charge in [0, 0.05) is 25.8 Å². The van der Waals surface area contributed by atoms with E-state index in [1.54, 1.807) is 13.3 Å². The Morgan fingerprint density at radius 3 is 3.00 bits per heavy atom. The molecular formula is C14H20N4O2. The topological polar surface area (TPSA) is 73.1 Å². The summed E-state index contributed by atoms with van der Waals surface area (Å²) in [5, 5.41) is 7.31. The number of aryl methyl sites for hydroxylation is 1. The minimum Gasteiger partial charge on any atom is -0.383 e. The Morgan fingerprint density at radius 1 is 1.45 bits per heavy atom. The molecule has 2 rings (SSSR count). The molecule has 2 aromatic heterocycles. The number of nitrogens with zero attached hydrogens (tertiary/aromatic N) is 3.